The summed E-state index contributed by atoms with van der Waals surface area (Å²) in [6.07, 6.45) is 0. The molecule has 3 aromatic rings. The number of benzene rings is 2. The van der Waals surface area contributed by atoms with Crippen molar-refractivity contribution < 1.29 is 0 Å². The lowest BCUT2D eigenvalue weighted by Gasteiger charge is -2.07. The third-order valence-electron chi connectivity index (χ3n) is 3.08. The maximum atomic E-state index is 12.1. The SMILES string of the molecule is Cc1cccc2[nH]c(=O)n(-c3ccccc3N)c12. The molecule has 0 unspecified atom stereocenters. The molecule has 0 radical (unpaired) electrons. The number of aromatic nitrogens is 2. The molecule has 0 fully saturated rings. The Morgan fingerprint density at radius 2 is 1.89 bits per heavy atom. The van der Waals surface area contributed by atoms with Crippen LogP contribution in [0.3, 0.4) is 0 Å². The van der Waals surface area contributed by atoms with Gasteiger partial charge in [-0.05, 0) is 30.7 Å². The molecular formula is C14H13N3O. The van der Waals surface area contributed by atoms with Crippen molar-refractivity contribution in [3.05, 3.63) is 58.5 Å². The molecule has 0 spiro atoms. The van der Waals surface area contributed by atoms with E-state index >= 15 is 0 Å². The van der Waals surface area contributed by atoms with Crippen LogP contribution < -0.4 is 11.4 Å². The summed E-state index contributed by atoms with van der Waals surface area (Å²) in [6.45, 7) is 1.98. The topological polar surface area (TPSA) is 63.8 Å². The lowest BCUT2D eigenvalue weighted by atomic mass is 10.2. The zero-order chi connectivity index (χ0) is 12.7. The van der Waals surface area contributed by atoms with Gasteiger partial charge in [0.15, 0.2) is 0 Å². The molecule has 18 heavy (non-hydrogen) atoms. The molecule has 1 heterocycles. The Morgan fingerprint density at radius 3 is 2.67 bits per heavy atom. The second-order valence-electron chi connectivity index (χ2n) is 4.30. The van der Waals surface area contributed by atoms with Crippen molar-refractivity contribution in [1.82, 2.24) is 9.55 Å². The first-order valence-electron chi connectivity index (χ1n) is 5.73. The first-order valence-corrected chi connectivity index (χ1v) is 5.73. The van der Waals surface area contributed by atoms with E-state index in [2.05, 4.69) is 4.98 Å². The van der Waals surface area contributed by atoms with E-state index in [1.165, 1.54) is 0 Å². The molecule has 0 amide bonds. The van der Waals surface area contributed by atoms with Crippen LogP contribution in [0.4, 0.5) is 5.69 Å². The van der Waals surface area contributed by atoms with Gasteiger partial charge in [0, 0.05) is 0 Å². The lowest BCUT2D eigenvalue weighted by Crippen LogP contribution is -2.16. The Kier molecular flexibility index (Phi) is 2.23. The standard InChI is InChI=1S/C14H13N3O/c1-9-5-4-7-11-13(9)17(14(18)16-11)12-8-3-2-6-10(12)15/h2-8H,15H2,1H3,(H,16,18). The zero-order valence-electron chi connectivity index (χ0n) is 9.97. The Bertz CT molecular complexity index is 783. The number of H-pyrrole nitrogens is 1. The molecule has 0 atom stereocenters. The van der Waals surface area contributed by atoms with Gasteiger partial charge < -0.3 is 10.7 Å². The third-order valence-corrected chi connectivity index (χ3v) is 3.08. The van der Waals surface area contributed by atoms with Crippen LogP contribution in [-0.4, -0.2) is 9.55 Å². The van der Waals surface area contributed by atoms with Gasteiger partial charge in [0.2, 0.25) is 0 Å². The molecule has 90 valence electrons. The fourth-order valence-corrected chi connectivity index (χ4v) is 2.25. The minimum atomic E-state index is -0.169. The average Bonchev–Trinajstić information content (AvgIpc) is 2.68. The minimum absolute atomic E-state index is 0.169. The van der Waals surface area contributed by atoms with E-state index in [9.17, 15) is 4.79 Å². The Labute approximate surface area is 104 Å². The maximum Gasteiger partial charge on any atom is 0.331 e. The molecule has 0 aliphatic heterocycles. The molecule has 1 aromatic heterocycles. The van der Waals surface area contributed by atoms with E-state index < -0.39 is 0 Å². The number of rotatable bonds is 1. The summed E-state index contributed by atoms with van der Waals surface area (Å²) in [6, 6.07) is 13.1. The molecule has 0 bridgehead atoms. The quantitative estimate of drug-likeness (QED) is 0.639. The van der Waals surface area contributed by atoms with Gasteiger partial charge in [-0.25, -0.2) is 4.79 Å². The van der Waals surface area contributed by atoms with Crippen LogP contribution >= 0.6 is 0 Å². The van der Waals surface area contributed by atoms with Crippen LogP contribution in [0.5, 0.6) is 0 Å². The van der Waals surface area contributed by atoms with E-state index in [1.807, 2.05) is 43.3 Å². The maximum absolute atomic E-state index is 12.1. The van der Waals surface area contributed by atoms with Crippen molar-refractivity contribution in [3.63, 3.8) is 0 Å². The first kappa shape index (κ1) is 10.7. The van der Waals surface area contributed by atoms with Gasteiger partial charge in [-0.3, -0.25) is 4.57 Å². The number of aryl methyl sites for hydroxylation is 1. The highest BCUT2D eigenvalue weighted by molar-refractivity contribution is 5.82. The number of nitrogen functional groups attached to an aromatic ring is 1. The summed E-state index contributed by atoms with van der Waals surface area (Å²) in [5.74, 6) is 0. The lowest BCUT2D eigenvalue weighted by molar-refractivity contribution is 1.02. The second-order valence-corrected chi connectivity index (χ2v) is 4.30. The molecule has 0 saturated carbocycles. The molecule has 4 heteroatoms. The van der Waals surface area contributed by atoms with Gasteiger partial charge in [-0.1, -0.05) is 24.3 Å². The van der Waals surface area contributed by atoms with Crippen molar-refractivity contribution in [2.24, 2.45) is 0 Å². The zero-order valence-corrected chi connectivity index (χ0v) is 9.97. The van der Waals surface area contributed by atoms with Crippen LogP contribution in [0.2, 0.25) is 0 Å². The predicted molar refractivity (Wildman–Crippen MR) is 73.0 cm³/mol. The van der Waals surface area contributed by atoms with E-state index in [0.29, 0.717) is 11.4 Å². The number of nitrogens with one attached hydrogen (secondary N) is 1. The largest absolute Gasteiger partial charge is 0.397 e. The molecule has 3 N–H and O–H groups in total. The number of nitrogens with two attached hydrogens (primary N) is 1. The van der Waals surface area contributed by atoms with Gasteiger partial charge in [0.05, 0.1) is 22.4 Å². The number of nitrogens with zero attached hydrogens (tertiary/aromatic N) is 1. The average molecular weight is 239 g/mol. The number of para-hydroxylation sites is 3. The predicted octanol–water partition coefficient (Wildman–Crippen LogP) is 2.21. The van der Waals surface area contributed by atoms with Gasteiger partial charge in [-0.2, -0.15) is 0 Å². The highest BCUT2D eigenvalue weighted by Crippen LogP contribution is 2.22. The van der Waals surface area contributed by atoms with Crippen LogP contribution in [0.15, 0.2) is 47.3 Å². The number of hydrogen-bond donors (Lipinski definition) is 2. The van der Waals surface area contributed by atoms with E-state index in [0.717, 1.165) is 16.6 Å². The van der Waals surface area contributed by atoms with E-state index in [1.54, 1.807) is 10.6 Å². The number of imidazole rings is 1. The molecule has 4 nitrogen and oxygen atoms in total. The van der Waals surface area contributed by atoms with Crippen molar-refractivity contribution >= 4 is 16.7 Å². The van der Waals surface area contributed by atoms with Crippen LogP contribution in [-0.2, 0) is 0 Å². The minimum Gasteiger partial charge on any atom is -0.397 e. The van der Waals surface area contributed by atoms with Crippen molar-refractivity contribution in [2.75, 3.05) is 5.73 Å². The fourth-order valence-electron chi connectivity index (χ4n) is 2.25. The van der Waals surface area contributed by atoms with E-state index in [-0.39, 0.29) is 5.69 Å². The van der Waals surface area contributed by atoms with Crippen molar-refractivity contribution in [1.29, 1.82) is 0 Å². The number of hydrogen-bond acceptors (Lipinski definition) is 2. The van der Waals surface area contributed by atoms with Crippen LogP contribution in [0.25, 0.3) is 16.7 Å². The second kappa shape index (κ2) is 3.77. The molecule has 2 aromatic carbocycles. The Morgan fingerprint density at radius 1 is 1.11 bits per heavy atom. The summed E-state index contributed by atoms with van der Waals surface area (Å²) in [5, 5.41) is 0. The smallest absolute Gasteiger partial charge is 0.331 e. The molecule has 0 saturated heterocycles. The monoisotopic (exact) mass is 239 g/mol. The van der Waals surface area contributed by atoms with E-state index in [4.69, 9.17) is 5.73 Å². The van der Waals surface area contributed by atoms with Gasteiger partial charge in [0.25, 0.3) is 0 Å². The van der Waals surface area contributed by atoms with Crippen LogP contribution in [0.1, 0.15) is 5.56 Å². The molecule has 3 rings (SSSR count). The normalized spacial score (nSPS) is 10.9. The summed E-state index contributed by atoms with van der Waals surface area (Å²) >= 11 is 0. The Hall–Kier alpha value is -2.49. The number of anilines is 1. The van der Waals surface area contributed by atoms with Gasteiger partial charge in [-0.15, -0.1) is 0 Å². The summed E-state index contributed by atoms with van der Waals surface area (Å²) < 4.78 is 1.62. The molecule has 0 aliphatic carbocycles. The fraction of sp³-hybridized carbons (Fsp3) is 0.0714. The van der Waals surface area contributed by atoms with Gasteiger partial charge in [0.1, 0.15) is 0 Å². The highest BCUT2D eigenvalue weighted by atomic mass is 16.1. The number of fused-ring (bicyclic) bond motifs is 1. The van der Waals surface area contributed by atoms with Crippen molar-refractivity contribution in [3.8, 4) is 5.69 Å². The summed E-state index contributed by atoms with van der Waals surface area (Å²) in [7, 11) is 0. The highest BCUT2D eigenvalue weighted by Gasteiger charge is 2.11. The molecule has 0 aliphatic rings. The van der Waals surface area contributed by atoms with Gasteiger partial charge >= 0.3 is 5.69 Å². The summed E-state index contributed by atoms with van der Waals surface area (Å²) in [5.41, 5.74) is 9.81. The van der Waals surface area contributed by atoms with Crippen LogP contribution in [0, 0.1) is 6.92 Å². The Balaban J connectivity index is 2.47. The van der Waals surface area contributed by atoms with Crippen molar-refractivity contribution in [2.45, 2.75) is 6.92 Å². The number of aromatic amines is 1. The molecular weight excluding hydrogens is 226 g/mol. The third kappa shape index (κ3) is 1.43. The first-order chi connectivity index (χ1) is 8.68. The summed E-state index contributed by atoms with van der Waals surface area (Å²) in [4.78, 5) is 14.9.